The lowest BCUT2D eigenvalue weighted by molar-refractivity contribution is 0.0272. The topological polar surface area (TPSA) is 55.8 Å². The first kappa shape index (κ1) is 15.5. The molecule has 0 bridgehead atoms. The lowest BCUT2D eigenvalue weighted by Gasteiger charge is -2.41. The molecule has 1 saturated heterocycles. The standard InChI is InChI=1S/C19H25N3O2/c1-3-4-9-21-18(23)16-11-14-10-13-7-5-6-8-15(13)20-17(14)12(2)22(16)19(21)24/h5-8,12,16,18,20,23H,3-4,9-11H2,1-2H3. The molecule has 3 unspecified atom stereocenters. The van der Waals surface area contributed by atoms with Crippen LogP contribution in [0.1, 0.15) is 38.7 Å². The van der Waals surface area contributed by atoms with Gasteiger partial charge in [-0.25, -0.2) is 4.79 Å². The largest absolute Gasteiger partial charge is 0.371 e. The normalized spacial score (nSPS) is 28.5. The van der Waals surface area contributed by atoms with E-state index in [9.17, 15) is 9.90 Å². The first-order chi connectivity index (χ1) is 11.6. The minimum atomic E-state index is -0.697. The second kappa shape index (κ2) is 5.81. The van der Waals surface area contributed by atoms with Crippen molar-refractivity contribution in [1.82, 2.24) is 9.80 Å². The number of unbranched alkanes of at least 4 members (excludes halogenated alkanes) is 1. The van der Waals surface area contributed by atoms with Crippen LogP contribution in [0.15, 0.2) is 35.5 Å². The van der Waals surface area contributed by atoms with Gasteiger partial charge < -0.3 is 15.3 Å². The Kier molecular flexibility index (Phi) is 3.76. The Morgan fingerprint density at radius 2 is 2.12 bits per heavy atom. The minimum Gasteiger partial charge on any atom is -0.371 e. The molecule has 2 amide bonds. The molecule has 128 valence electrons. The van der Waals surface area contributed by atoms with Gasteiger partial charge in [0.2, 0.25) is 0 Å². The maximum Gasteiger partial charge on any atom is 0.323 e. The van der Waals surface area contributed by atoms with E-state index in [-0.39, 0.29) is 18.1 Å². The van der Waals surface area contributed by atoms with Crippen LogP contribution in [-0.2, 0) is 6.42 Å². The molecule has 4 rings (SSSR count). The van der Waals surface area contributed by atoms with Crippen LogP contribution in [0.25, 0.3) is 0 Å². The summed E-state index contributed by atoms with van der Waals surface area (Å²) in [4.78, 5) is 16.4. The number of hydrogen-bond donors (Lipinski definition) is 2. The summed E-state index contributed by atoms with van der Waals surface area (Å²) >= 11 is 0. The first-order valence-corrected chi connectivity index (χ1v) is 8.95. The fourth-order valence-corrected chi connectivity index (χ4v) is 4.30. The highest BCUT2D eigenvalue weighted by Crippen LogP contribution is 2.41. The Morgan fingerprint density at radius 1 is 1.33 bits per heavy atom. The van der Waals surface area contributed by atoms with Gasteiger partial charge in [-0.05, 0) is 43.4 Å². The van der Waals surface area contributed by atoms with Gasteiger partial charge in [0, 0.05) is 17.9 Å². The third kappa shape index (κ3) is 2.22. The van der Waals surface area contributed by atoms with E-state index < -0.39 is 6.23 Å². The zero-order valence-corrected chi connectivity index (χ0v) is 14.3. The number of aliphatic hydroxyl groups excluding tert-OH is 1. The molecule has 0 spiro atoms. The van der Waals surface area contributed by atoms with Crippen LogP contribution in [0.2, 0.25) is 0 Å². The monoisotopic (exact) mass is 327 g/mol. The number of benzene rings is 1. The van der Waals surface area contributed by atoms with Gasteiger partial charge in [0.05, 0.1) is 12.1 Å². The third-order valence-electron chi connectivity index (χ3n) is 5.60. The molecule has 1 fully saturated rings. The van der Waals surface area contributed by atoms with Gasteiger partial charge in [-0.1, -0.05) is 31.5 Å². The summed E-state index contributed by atoms with van der Waals surface area (Å²) in [6.45, 7) is 4.80. The number of fused-ring (bicyclic) bond motifs is 2. The zero-order valence-electron chi connectivity index (χ0n) is 14.3. The number of hydrogen-bond acceptors (Lipinski definition) is 3. The molecular formula is C19H25N3O2. The Bertz CT molecular complexity index is 700. The Hall–Kier alpha value is -2.01. The molecule has 3 heterocycles. The molecule has 0 aliphatic carbocycles. The average Bonchev–Trinajstić information content (AvgIpc) is 2.83. The number of nitrogens with zero attached hydrogens (tertiary/aromatic N) is 2. The number of nitrogens with one attached hydrogen (secondary N) is 1. The van der Waals surface area contributed by atoms with E-state index in [1.165, 1.54) is 11.1 Å². The van der Waals surface area contributed by atoms with Crippen molar-refractivity contribution < 1.29 is 9.90 Å². The van der Waals surface area contributed by atoms with Gasteiger partial charge in [0.15, 0.2) is 6.23 Å². The van der Waals surface area contributed by atoms with Crippen molar-refractivity contribution in [3.05, 3.63) is 41.1 Å². The number of carbonyl (C=O) groups is 1. The summed E-state index contributed by atoms with van der Waals surface area (Å²) in [5, 5.41) is 14.2. The van der Waals surface area contributed by atoms with E-state index in [2.05, 4.69) is 37.4 Å². The molecule has 1 aromatic rings. The van der Waals surface area contributed by atoms with Gasteiger partial charge >= 0.3 is 6.03 Å². The number of urea groups is 1. The van der Waals surface area contributed by atoms with Crippen LogP contribution >= 0.6 is 0 Å². The van der Waals surface area contributed by atoms with Crippen molar-refractivity contribution in [3.8, 4) is 0 Å². The molecule has 5 heteroatoms. The van der Waals surface area contributed by atoms with Crippen LogP contribution in [0.5, 0.6) is 0 Å². The molecule has 1 aromatic carbocycles. The van der Waals surface area contributed by atoms with Crippen LogP contribution in [0, 0.1) is 0 Å². The highest BCUT2D eigenvalue weighted by molar-refractivity contribution is 5.79. The van der Waals surface area contributed by atoms with Crippen molar-refractivity contribution in [2.75, 3.05) is 11.9 Å². The molecule has 0 radical (unpaired) electrons. The van der Waals surface area contributed by atoms with Crippen LogP contribution < -0.4 is 5.32 Å². The summed E-state index contributed by atoms with van der Waals surface area (Å²) in [5.74, 6) is 0. The summed E-state index contributed by atoms with van der Waals surface area (Å²) in [6, 6.07) is 8.14. The van der Waals surface area contributed by atoms with Crippen LogP contribution in [-0.4, -0.2) is 45.8 Å². The Morgan fingerprint density at radius 3 is 2.92 bits per heavy atom. The second-order valence-corrected chi connectivity index (χ2v) is 7.07. The molecule has 3 atom stereocenters. The molecule has 2 N–H and O–H groups in total. The summed E-state index contributed by atoms with van der Waals surface area (Å²) < 4.78 is 0. The smallest absolute Gasteiger partial charge is 0.323 e. The fourth-order valence-electron chi connectivity index (χ4n) is 4.30. The number of carbonyl (C=O) groups excluding carboxylic acids is 1. The van der Waals surface area contributed by atoms with Gasteiger partial charge in [-0.2, -0.15) is 0 Å². The SMILES string of the molecule is CCCCN1C(=O)N2C(C)C3=C(Cc4ccccc4N3)CC2C1O. The van der Waals surface area contributed by atoms with Gasteiger partial charge in [0.25, 0.3) is 0 Å². The van der Waals surface area contributed by atoms with Gasteiger partial charge in [0.1, 0.15) is 0 Å². The van der Waals surface area contributed by atoms with E-state index in [1.807, 2.05) is 11.0 Å². The van der Waals surface area contributed by atoms with E-state index >= 15 is 0 Å². The van der Waals surface area contributed by atoms with E-state index in [1.54, 1.807) is 4.90 Å². The van der Waals surface area contributed by atoms with Crippen molar-refractivity contribution in [2.45, 2.75) is 57.8 Å². The molecule has 3 aliphatic rings. The molecule has 24 heavy (non-hydrogen) atoms. The van der Waals surface area contributed by atoms with Crippen molar-refractivity contribution in [3.63, 3.8) is 0 Å². The molecular weight excluding hydrogens is 302 g/mol. The number of amides is 2. The molecule has 0 aromatic heterocycles. The fraction of sp³-hybridized carbons (Fsp3) is 0.526. The average molecular weight is 327 g/mol. The summed E-state index contributed by atoms with van der Waals surface area (Å²) in [7, 11) is 0. The van der Waals surface area contributed by atoms with E-state index in [0.29, 0.717) is 6.54 Å². The second-order valence-electron chi connectivity index (χ2n) is 7.07. The first-order valence-electron chi connectivity index (χ1n) is 8.95. The summed E-state index contributed by atoms with van der Waals surface area (Å²) in [5.41, 5.74) is 4.89. The molecule has 5 nitrogen and oxygen atoms in total. The zero-order chi connectivity index (χ0) is 16.8. The predicted molar refractivity (Wildman–Crippen MR) is 93.5 cm³/mol. The lowest BCUT2D eigenvalue weighted by Crippen LogP contribution is -2.49. The maximum absolute atomic E-state index is 12.8. The van der Waals surface area contributed by atoms with Crippen LogP contribution in [0.4, 0.5) is 10.5 Å². The third-order valence-corrected chi connectivity index (χ3v) is 5.60. The molecule has 0 saturated carbocycles. The van der Waals surface area contributed by atoms with Crippen molar-refractivity contribution >= 4 is 11.7 Å². The summed E-state index contributed by atoms with van der Waals surface area (Å²) in [6.07, 6.45) is 2.90. The van der Waals surface area contributed by atoms with E-state index in [0.717, 1.165) is 37.1 Å². The number of aliphatic hydroxyl groups is 1. The molecule has 3 aliphatic heterocycles. The highest BCUT2D eigenvalue weighted by Gasteiger charge is 2.50. The lowest BCUT2D eigenvalue weighted by atomic mass is 9.86. The number of para-hydroxylation sites is 1. The van der Waals surface area contributed by atoms with Gasteiger partial charge in [-0.3, -0.25) is 4.90 Å². The Labute approximate surface area is 142 Å². The Balaban J connectivity index is 1.63. The van der Waals surface area contributed by atoms with Crippen molar-refractivity contribution in [1.29, 1.82) is 0 Å². The minimum absolute atomic E-state index is 0.0270. The quantitative estimate of drug-likeness (QED) is 0.897. The number of rotatable bonds is 3. The van der Waals surface area contributed by atoms with Crippen molar-refractivity contribution in [2.24, 2.45) is 0 Å². The number of anilines is 1. The highest BCUT2D eigenvalue weighted by atomic mass is 16.3. The maximum atomic E-state index is 12.8. The van der Waals surface area contributed by atoms with E-state index in [4.69, 9.17) is 0 Å². The van der Waals surface area contributed by atoms with Gasteiger partial charge in [-0.15, -0.1) is 0 Å². The van der Waals surface area contributed by atoms with Crippen LogP contribution in [0.3, 0.4) is 0 Å². The predicted octanol–water partition coefficient (Wildman–Crippen LogP) is 2.93.